The molecule has 0 spiro atoms. The van der Waals surface area contributed by atoms with Crippen LogP contribution in [0.2, 0.25) is 0 Å². The van der Waals surface area contributed by atoms with Crippen molar-refractivity contribution in [2.24, 2.45) is 0 Å². The molecule has 3 heteroatoms. The van der Waals surface area contributed by atoms with E-state index in [1.807, 2.05) is 36.4 Å². The fourth-order valence-electron chi connectivity index (χ4n) is 8.74. The molecule has 0 bridgehead atoms. The summed E-state index contributed by atoms with van der Waals surface area (Å²) in [6.45, 7) is 0. The molecule has 8 aromatic carbocycles. The maximum Gasteiger partial charge on any atom is 0.160 e. The number of rotatable bonds is 6. The number of nitrogens with zero attached hydrogens (tertiary/aromatic N) is 2. The van der Waals surface area contributed by atoms with Crippen molar-refractivity contribution in [2.75, 3.05) is 0 Å². The number of allylic oxidation sites excluding steroid dienone is 1. The minimum absolute atomic E-state index is 0.0101. The van der Waals surface area contributed by atoms with Gasteiger partial charge < -0.3 is 4.74 Å². The molecule has 1 atom stereocenters. The lowest BCUT2D eigenvalue weighted by molar-refractivity contribution is 0.481. The van der Waals surface area contributed by atoms with Gasteiger partial charge in [-0.1, -0.05) is 194 Å². The van der Waals surface area contributed by atoms with Gasteiger partial charge in [0.05, 0.1) is 11.4 Å². The first-order valence-corrected chi connectivity index (χ1v) is 19.8. The van der Waals surface area contributed by atoms with Crippen LogP contribution in [0.25, 0.3) is 67.3 Å². The molecule has 58 heavy (non-hydrogen) atoms. The molecule has 0 fully saturated rings. The first kappa shape index (κ1) is 33.7. The monoisotopic (exact) mass is 740 g/mol. The number of aromatic nitrogens is 2. The highest BCUT2D eigenvalue weighted by atomic mass is 16.5. The molecule has 272 valence electrons. The van der Waals surface area contributed by atoms with Crippen molar-refractivity contribution in [3.8, 4) is 67.7 Å². The van der Waals surface area contributed by atoms with E-state index in [9.17, 15) is 0 Å². The SMILES string of the molecule is c1ccc(-c2cc(-c3ccc(-c4ccc(C5C6=C(c7ccccc7Oc7ccccc76)c6cccc(-c7ccccc7)c65)cc4)cc3)nc(-c3ccccc3)n2)cc1. The maximum absolute atomic E-state index is 6.68. The summed E-state index contributed by atoms with van der Waals surface area (Å²) in [5.41, 5.74) is 18.3. The summed E-state index contributed by atoms with van der Waals surface area (Å²) >= 11 is 0. The zero-order valence-electron chi connectivity index (χ0n) is 31.6. The van der Waals surface area contributed by atoms with E-state index in [0.717, 1.165) is 61.8 Å². The van der Waals surface area contributed by atoms with Gasteiger partial charge in [0.15, 0.2) is 5.82 Å². The lowest BCUT2D eigenvalue weighted by atomic mass is 9.81. The summed E-state index contributed by atoms with van der Waals surface area (Å²) in [6, 6.07) is 75.1. The lowest BCUT2D eigenvalue weighted by Crippen LogP contribution is -2.04. The summed E-state index contributed by atoms with van der Waals surface area (Å²) in [5, 5.41) is 0. The molecule has 2 heterocycles. The number of hydrogen-bond donors (Lipinski definition) is 0. The second-order valence-electron chi connectivity index (χ2n) is 14.8. The van der Waals surface area contributed by atoms with E-state index in [-0.39, 0.29) is 5.92 Å². The molecular formula is C55H36N2O. The average Bonchev–Trinajstić information content (AvgIpc) is 3.57. The molecule has 0 N–H and O–H groups in total. The fraction of sp³-hybridized carbons (Fsp3) is 0.0182. The van der Waals surface area contributed by atoms with E-state index in [2.05, 4.69) is 176 Å². The van der Waals surface area contributed by atoms with Gasteiger partial charge >= 0.3 is 0 Å². The number of hydrogen-bond acceptors (Lipinski definition) is 3. The van der Waals surface area contributed by atoms with Crippen LogP contribution >= 0.6 is 0 Å². The second-order valence-corrected chi connectivity index (χ2v) is 14.8. The summed E-state index contributed by atoms with van der Waals surface area (Å²) in [6.07, 6.45) is 0. The number of ether oxygens (including phenoxy) is 1. The second kappa shape index (κ2) is 14.1. The molecule has 3 nitrogen and oxygen atoms in total. The third-order valence-electron chi connectivity index (χ3n) is 11.4. The highest BCUT2D eigenvalue weighted by Crippen LogP contribution is 2.59. The highest BCUT2D eigenvalue weighted by molar-refractivity contribution is 6.11. The lowest BCUT2D eigenvalue weighted by Gasteiger charge is -2.22. The molecule has 1 aliphatic carbocycles. The van der Waals surface area contributed by atoms with E-state index in [4.69, 9.17) is 14.7 Å². The fourth-order valence-corrected chi connectivity index (χ4v) is 8.74. The van der Waals surface area contributed by atoms with Crippen LogP contribution in [0.3, 0.4) is 0 Å². The Labute approximate surface area is 338 Å². The van der Waals surface area contributed by atoms with Gasteiger partial charge in [0, 0.05) is 33.7 Å². The van der Waals surface area contributed by atoms with Gasteiger partial charge in [-0.2, -0.15) is 0 Å². The van der Waals surface area contributed by atoms with Crippen LogP contribution in [-0.2, 0) is 0 Å². The molecule has 0 saturated heterocycles. The predicted octanol–water partition coefficient (Wildman–Crippen LogP) is 14.0. The Kier molecular flexibility index (Phi) is 8.22. The number of benzene rings is 8. The van der Waals surface area contributed by atoms with Gasteiger partial charge in [0.2, 0.25) is 0 Å². The maximum atomic E-state index is 6.68. The third-order valence-corrected chi connectivity index (χ3v) is 11.4. The first-order valence-electron chi connectivity index (χ1n) is 19.8. The average molecular weight is 741 g/mol. The van der Waals surface area contributed by atoms with Crippen molar-refractivity contribution in [1.82, 2.24) is 9.97 Å². The van der Waals surface area contributed by atoms with Crippen molar-refractivity contribution < 1.29 is 4.74 Å². The molecule has 0 saturated carbocycles. The van der Waals surface area contributed by atoms with Crippen molar-refractivity contribution in [1.29, 1.82) is 0 Å². The molecule has 0 radical (unpaired) electrons. The highest BCUT2D eigenvalue weighted by Gasteiger charge is 2.39. The largest absolute Gasteiger partial charge is 0.456 e. The van der Waals surface area contributed by atoms with Gasteiger partial charge in [0.25, 0.3) is 0 Å². The minimum atomic E-state index is -0.0101. The quantitative estimate of drug-likeness (QED) is 0.170. The molecule has 9 aromatic rings. The molecule has 2 aliphatic rings. The summed E-state index contributed by atoms with van der Waals surface area (Å²) in [7, 11) is 0. The van der Waals surface area contributed by atoms with Crippen molar-refractivity contribution in [2.45, 2.75) is 5.92 Å². The van der Waals surface area contributed by atoms with Crippen LogP contribution in [0.5, 0.6) is 11.5 Å². The summed E-state index contributed by atoms with van der Waals surface area (Å²) in [5.74, 6) is 2.46. The van der Waals surface area contributed by atoms with Crippen molar-refractivity contribution in [3.05, 3.63) is 240 Å². The van der Waals surface area contributed by atoms with Gasteiger partial charge in [-0.15, -0.1) is 0 Å². The van der Waals surface area contributed by atoms with Gasteiger partial charge in [-0.3, -0.25) is 0 Å². The van der Waals surface area contributed by atoms with Crippen LogP contribution < -0.4 is 4.74 Å². The Hall–Kier alpha value is -7.62. The molecular weight excluding hydrogens is 705 g/mol. The van der Waals surface area contributed by atoms with E-state index in [1.54, 1.807) is 0 Å². The van der Waals surface area contributed by atoms with Crippen LogP contribution in [0.1, 0.15) is 33.7 Å². The van der Waals surface area contributed by atoms with E-state index in [0.29, 0.717) is 5.82 Å². The zero-order chi connectivity index (χ0) is 38.4. The molecule has 11 rings (SSSR count). The summed E-state index contributed by atoms with van der Waals surface area (Å²) < 4.78 is 6.68. The predicted molar refractivity (Wildman–Crippen MR) is 236 cm³/mol. The molecule has 1 unspecified atom stereocenters. The van der Waals surface area contributed by atoms with Gasteiger partial charge in [0.1, 0.15) is 11.5 Å². The number of para-hydroxylation sites is 2. The van der Waals surface area contributed by atoms with Crippen LogP contribution in [0, 0.1) is 0 Å². The summed E-state index contributed by atoms with van der Waals surface area (Å²) in [4.78, 5) is 10.0. The van der Waals surface area contributed by atoms with Crippen LogP contribution in [0.15, 0.2) is 212 Å². The third kappa shape index (κ3) is 5.84. The Morgan fingerprint density at radius 3 is 1.47 bits per heavy atom. The van der Waals surface area contributed by atoms with Gasteiger partial charge in [-0.25, -0.2) is 9.97 Å². The Bertz CT molecular complexity index is 2930. The topological polar surface area (TPSA) is 35.0 Å². The minimum Gasteiger partial charge on any atom is -0.456 e. The van der Waals surface area contributed by atoms with Crippen molar-refractivity contribution >= 4 is 11.1 Å². The van der Waals surface area contributed by atoms with Gasteiger partial charge in [-0.05, 0) is 68.3 Å². The molecule has 1 aromatic heterocycles. The van der Waals surface area contributed by atoms with Crippen LogP contribution in [-0.4, -0.2) is 9.97 Å². The van der Waals surface area contributed by atoms with Crippen molar-refractivity contribution in [3.63, 3.8) is 0 Å². The van der Waals surface area contributed by atoms with E-state index >= 15 is 0 Å². The smallest absolute Gasteiger partial charge is 0.160 e. The standard InChI is InChI=1S/C55H36N2O/c1-4-15-38(16-5-1)43-23-14-24-46-52(43)51(54-45-22-11-13-26-50(45)58-49-25-12-10-21-44(49)53(46)54)41-33-29-37(30-34-41)36-27-31-40(32-28-36)48-35-47(39-17-6-2-7-18-39)56-55(57-48)42-19-8-3-9-20-42/h1-35,51H. The Balaban J connectivity index is 1.00. The van der Waals surface area contributed by atoms with E-state index < -0.39 is 0 Å². The Morgan fingerprint density at radius 1 is 0.345 bits per heavy atom. The Morgan fingerprint density at radius 2 is 0.810 bits per heavy atom. The molecule has 0 amide bonds. The zero-order valence-corrected chi connectivity index (χ0v) is 31.6. The number of fused-ring (bicyclic) bond motifs is 6. The van der Waals surface area contributed by atoms with E-state index in [1.165, 1.54) is 39.0 Å². The normalized spacial score (nSPS) is 13.8. The van der Waals surface area contributed by atoms with Crippen LogP contribution in [0.4, 0.5) is 0 Å². The molecule has 1 aliphatic heterocycles. The first-order chi connectivity index (χ1) is 28.8.